The first-order chi connectivity index (χ1) is 6.56. The summed E-state index contributed by atoms with van der Waals surface area (Å²) in [4.78, 5) is 0. The molecule has 0 atom stereocenters. The van der Waals surface area contributed by atoms with Crippen molar-refractivity contribution >= 4 is 31.9 Å². The van der Waals surface area contributed by atoms with Crippen LogP contribution >= 0.6 is 31.9 Å². The minimum absolute atomic E-state index is 0.0804. The van der Waals surface area contributed by atoms with Gasteiger partial charge in [0, 0.05) is 16.6 Å². The van der Waals surface area contributed by atoms with Crippen LogP contribution in [0, 0.1) is 0 Å². The van der Waals surface area contributed by atoms with Crippen LogP contribution in [0.25, 0.3) is 0 Å². The van der Waals surface area contributed by atoms with E-state index in [1.807, 2.05) is 0 Å². The molecule has 0 spiro atoms. The van der Waals surface area contributed by atoms with Crippen molar-refractivity contribution in [2.75, 3.05) is 0 Å². The van der Waals surface area contributed by atoms with Crippen LogP contribution in [0.15, 0.2) is 21.1 Å². The highest BCUT2D eigenvalue weighted by Crippen LogP contribution is 2.36. The molecule has 0 aromatic heterocycles. The van der Waals surface area contributed by atoms with Gasteiger partial charge in [0.25, 0.3) is 0 Å². The van der Waals surface area contributed by atoms with E-state index in [2.05, 4.69) is 36.6 Å². The Balaban J connectivity index is 3.14. The second kappa shape index (κ2) is 5.04. The highest BCUT2D eigenvalue weighted by atomic mass is 79.9. The Morgan fingerprint density at radius 3 is 2.50 bits per heavy atom. The van der Waals surface area contributed by atoms with Crippen LogP contribution in [0.2, 0.25) is 0 Å². The van der Waals surface area contributed by atoms with Crippen molar-refractivity contribution < 1.29 is 13.5 Å². The van der Waals surface area contributed by atoms with E-state index in [0.29, 0.717) is 14.5 Å². The minimum Gasteiger partial charge on any atom is -0.433 e. The van der Waals surface area contributed by atoms with Gasteiger partial charge < -0.3 is 10.5 Å². The smallest absolute Gasteiger partial charge is 0.387 e. The zero-order valence-electron chi connectivity index (χ0n) is 6.94. The second-order valence-electron chi connectivity index (χ2n) is 2.43. The summed E-state index contributed by atoms with van der Waals surface area (Å²) >= 11 is 6.33. The maximum absolute atomic E-state index is 12.0. The maximum Gasteiger partial charge on any atom is 0.387 e. The van der Waals surface area contributed by atoms with Crippen LogP contribution in [0.5, 0.6) is 5.75 Å². The predicted octanol–water partition coefficient (Wildman–Crippen LogP) is 3.27. The number of rotatable bonds is 3. The molecule has 1 aromatic carbocycles. The van der Waals surface area contributed by atoms with Gasteiger partial charge in [-0.25, -0.2) is 0 Å². The molecule has 2 N–H and O–H groups in total. The summed E-state index contributed by atoms with van der Waals surface area (Å²) in [6, 6.07) is 3.34. The molecule has 0 radical (unpaired) electrons. The Bertz CT molecular complexity index is 333. The zero-order valence-corrected chi connectivity index (χ0v) is 10.1. The van der Waals surface area contributed by atoms with E-state index >= 15 is 0 Å². The lowest BCUT2D eigenvalue weighted by atomic mass is 10.2. The maximum atomic E-state index is 12.0. The Hall–Kier alpha value is -0.200. The molecule has 0 aliphatic carbocycles. The van der Waals surface area contributed by atoms with Gasteiger partial charge in [-0.15, -0.1) is 0 Å². The van der Waals surface area contributed by atoms with Gasteiger partial charge in [-0.3, -0.25) is 0 Å². The first kappa shape index (κ1) is 11.9. The van der Waals surface area contributed by atoms with Gasteiger partial charge in [-0.2, -0.15) is 8.78 Å². The molecule has 0 saturated carbocycles. The molecule has 0 heterocycles. The molecular weight excluding hydrogens is 324 g/mol. The highest BCUT2D eigenvalue weighted by molar-refractivity contribution is 9.13. The van der Waals surface area contributed by atoms with Gasteiger partial charge >= 0.3 is 6.61 Å². The quantitative estimate of drug-likeness (QED) is 0.923. The van der Waals surface area contributed by atoms with E-state index in [4.69, 9.17) is 5.73 Å². The Labute approximate surface area is 96.7 Å². The van der Waals surface area contributed by atoms with Crippen LogP contribution in [-0.2, 0) is 6.54 Å². The van der Waals surface area contributed by atoms with Gasteiger partial charge in [-0.1, -0.05) is 6.07 Å². The highest BCUT2D eigenvalue weighted by Gasteiger charge is 2.14. The largest absolute Gasteiger partial charge is 0.433 e. The number of halogens is 4. The zero-order chi connectivity index (χ0) is 10.7. The van der Waals surface area contributed by atoms with Crippen molar-refractivity contribution in [3.05, 3.63) is 26.6 Å². The number of hydrogen-bond acceptors (Lipinski definition) is 2. The molecule has 2 nitrogen and oxygen atoms in total. The third-order valence-corrected chi connectivity index (χ3v) is 3.54. The van der Waals surface area contributed by atoms with Crippen molar-refractivity contribution in [2.24, 2.45) is 5.73 Å². The van der Waals surface area contributed by atoms with Crippen molar-refractivity contribution in [2.45, 2.75) is 13.2 Å². The molecule has 1 aromatic rings. The fourth-order valence-corrected chi connectivity index (χ4v) is 1.74. The summed E-state index contributed by atoms with van der Waals surface area (Å²) in [5.41, 5.74) is 5.91. The monoisotopic (exact) mass is 329 g/mol. The third-order valence-electron chi connectivity index (χ3n) is 1.56. The lowest BCUT2D eigenvalue weighted by molar-refractivity contribution is -0.0509. The molecule has 1 rings (SSSR count). The third kappa shape index (κ3) is 2.65. The number of nitrogens with two attached hydrogens (primary N) is 1. The standard InChI is InChI=1S/C8H7Br2F2NO/c9-5-2-1-4(3-13)7(6(5)10)14-8(11)12/h1-2,8H,3,13H2. The average molecular weight is 331 g/mol. The van der Waals surface area contributed by atoms with Crippen LogP contribution in [0.3, 0.4) is 0 Å². The number of hydrogen-bond donors (Lipinski definition) is 1. The van der Waals surface area contributed by atoms with Crippen LogP contribution in [0.4, 0.5) is 8.78 Å². The second-order valence-corrected chi connectivity index (χ2v) is 4.08. The fraction of sp³-hybridized carbons (Fsp3) is 0.250. The normalized spacial score (nSPS) is 10.7. The van der Waals surface area contributed by atoms with Gasteiger partial charge in [-0.05, 0) is 37.9 Å². The Kier molecular flexibility index (Phi) is 4.28. The first-order valence-corrected chi connectivity index (χ1v) is 5.26. The fourth-order valence-electron chi connectivity index (χ4n) is 0.949. The van der Waals surface area contributed by atoms with E-state index < -0.39 is 6.61 Å². The van der Waals surface area contributed by atoms with Crippen LogP contribution < -0.4 is 10.5 Å². The summed E-state index contributed by atoms with van der Waals surface area (Å²) < 4.78 is 29.5. The van der Waals surface area contributed by atoms with Gasteiger partial charge in [0.15, 0.2) is 0 Å². The van der Waals surface area contributed by atoms with Gasteiger partial charge in [0.05, 0.1) is 4.47 Å². The van der Waals surface area contributed by atoms with E-state index in [9.17, 15) is 8.78 Å². The Morgan fingerprint density at radius 2 is 2.00 bits per heavy atom. The van der Waals surface area contributed by atoms with E-state index in [1.165, 1.54) is 0 Å². The molecule has 6 heteroatoms. The lowest BCUT2D eigenvalue weighted by Gasteiger charge is -2.12. The van der Waals surface area contributed by atoms with Gasteiger partial charge in [0.2, 0.25) is 0 Å². The molecule has 14 heavy (non-hydrogen) atoms. The summed E-state index contributed by atoms with van der Waals surface area (Å²) in [6.45, 7) is -2.71. The summed E-state index contributed by atoms with van der Waals surface area (Å²) in [5, 5.41) is 0. The SMILES string of the molecule is NCc1ccc(Br)c(Br)c1OC(F)F. The Morgan fingerprint density at radius 1 is 1.36 bits per heavy atom. The van der Waals surface area contributed by atoms with Crippen molar-refractivity contribution in [3.8, 4) is 5.75 Å². The van der Waals surface area contributed by atoms with Crippen molar-refractivity contribution in [1.82, 2.24) is 0 Å². The number of benzene rings is 1. The molecule has 0 saturated heterocycles. The number of ether oxygens (including phenoxy) is 1. The van der Waals surface area contributed by atoms with Crippen LogP contribution in [-0.4, -0.2) is 6.61 Å². The predicted molar refractivity (Wildman–Crippen MR) is 56.4 cm³/mol. The number of alkyl halides is 2. The molecule has 0 fully saturated rings. The molecule has 0 bridgehead atoms. The van der Waals surface area contributed by atoms with E-state index in [-0.39, 0.29) is 12.3 Å². The summed E-state index contributed by atoms with van der Waals surface area (Å²) in [5.74, 6) is 0.0804. The van der Waals surface area contributed by atoms with Crippen LogP contribution in [0.1, 0.15) is 5.56 Å². The van der Waals surface area contributed by atoms with E-state index in [0.717, 1.165) is 0 Å². The topological polar surface area (TPSA) is 35.2 Å². The molecule has 0 amide bonds. The lowest BCUT2D eigenvalue weighted by Crippen LogP contribution is -2.07. The van der Waals surface area contributed by atoms with Gasteiger partial charge in [0.1, 0.15) is 5.75 Å². The summed E-state index contributed by atoms with van der Waals surface area (Å²) in [7, 11) is 0. The first-order valence-electron chi connectivity index (χ1n) is 3.68. The van der Waals surface area contributed by atoms with E-state index in [1.54, 1.807) is 12.1 Å². The molecule has 78 valence electrons. The summed E-state index contributed by atoms with van der Waals surface area (Å²) in [6.07, 6.45) is 0. The molecular formula is C8H7Br2F2NO. The molecule has 0 unspecified atom stereocenters. The minimum atomic E-state index is -2.86. The van der Waals surface area contributed by atoms with Crippen molar-refractivity contribution in [3.63, 3.8) is 0 Å². The van der Waals surface area contributed by atoms with Crippen molar-refractivity contribution in [1.29, 1.82) is 0 Å². The molecule has 0 aliphatic heterocycles. The molecule has 0 aliphatic rings. The average Bonchev–Trinajstić information content (AvgIpc) is 2.13.